The molecule has 6 nitrogen and oxygen atoms in total. The third kappa shape index (κ3) is 4.15. The van der Waals surface area contributed by atoms with E-state index in [0.717, 1.165) is 5.56 Å². The molecule has 0 N–H and O–H groups in total. The summed E-state index contributed by atoms with van der Waals surface area (Å²) in [6.45, 7) is 1.83. The van der Waals surface area contributed by atoms with Gasteiger partial charge in [-0.25, -0.2) is 23.2 Å². The Hall–Kier alpha value is -2.97. The summed E-state index contributed by atoms with van der Waals surface area (Å²) in [7, 11) is -3.39. The van der Waals surface area contributed by atoms with Crippen molar-refractivity contribution in [1.82, 2.24) is 9.97 Å². The van der Waals surface area contributed by atoms with Gasteiger partial charge in [0.25, 0.3) is 0 Å². The van der Waals surface area contributed by atoms with Gasteiger partial charge in [0.15, 0.2) is 9.84 Å². The summed E-state index contributed by atoms with van der Waals surface area (Å²) in [4.78, 5) is 21.6. The van der Waals surface area contributed by atoms with Gasteiger partial charge in [-0.3, -0.25) is 0 Å². The summed E-state index contributed by atoms with van der Waals surface area (Å²) in [5, 5.41) is 1.01. The minimum absolute atomic E-state index is 0.0357. The Morgan fingerprint density at radius 1 is 1.00 bits per heavy atom. The lowest BCUT2D eigenvalue weighted by atomic mass is 10.1. The number of pyridine rings is 1. The van der Waals surface area contributed by atoms with Gasteiger partial charge in [-0.05, 0) is 42.8 Å². The molecule has 2 aromatic heterocycles. The number of thioether (sulfide) groups is 1. The molecule has 0 aliphatic heterocycles. The second-order valence-corrected chi connectivity index (χ2v) is 9.80. The molecule has 0 aliphatic rings. The summed E-state index contributed by atoms with van der Waals surface area (Å²) in [6.07, 6.45) is 1.61. The number of hydrogen-bond acceptors (Lipinski definition) is 7. The van der Waals surface area contributed by atoms with E-state index in [9.17, 15) is 13.2 Å². The van der Waals surface area contributed by atoms with E-state index in [-0.39, 0.29) is 11.6 Å². The number of aryl methyl sites for hydroxylation is 1. The van der Waals surface area contributed by atoms with Crippen LogP contribution in [0.1, 0.15) is 5.56 Å². The fourth-order valence-corrected chi connectivity index (χ4v) is 5.72. The zero-order valence-electron chi connectivity index (χ0n) is 16.1. The standard InChI is InChI=1S/C22H18N2O4S2/c1-15-7-5-11-18-19(15)22(25)28-20(24-18)17-10-6-12-23-21(17)29-13-14-30(26,27)16-8-3-2-4-9-16/h2-12H,13-14H2,1H3. The van der Waals surface area contributed by atoms with E-state index < -0.39 is 15.5 Å². The van der Waals surface area contributed by atoms with E-state index in [2.05, 4.69) is 9.97 Å². The van der Waals surface area contributed by atoms with Crippen molar-refractivity contribution in [3.8, 4) is 11.5 Å². The number of rotatable bonds is 6. The van der Waals surface area contributed by atoms with Crippen LogP contribution in [0.5, 0.6) is 0 Å². The lowest BCUT2D eigenvalue weighted by Crippen LogP contribution is -2.09. The van der Waals surface area contributed by atoms with Crippen LogP contribution in [0, 0.1) is 6.92 Å². The molecule has 2 aromatic carbocycles. The Kier molecular flexibility index (Phi) is 5.69. The van der Waals surface area contributed by atoms with Crippen LogP contribution >= 0.6 is 11.8 Å². The SMILES string of the molecule is Cc1cccc2nc(-c3cccnc3SCCS(=O)(=O)c3ccccc3)oc(=O)c12. The molecule has 8 heteroatoms. The van der Waals surface area contributed by atoms with Crippen LogP contribution in [0.2, 0.25) is 0 Å². The van der Waals surface area contributed by atoms with Gasteiger partial charge in [-0.1, -0.05) is 30.3 Å². The van der Waals surface area contributed by atoms with Crippen molar-refractivity contribution in [2.75, 3.05) is 11.5 Å². The highest BCUT2D eigenvalue weighted by molar-refractivity contribution is 8.00. The first-order valence-corrected chi connectivity index (χ1v) is 11.9. The average Bonchev–Trinajstić information content (AvgIpc) is 2.74. The van der Waals surface area contributed by atoms with Crippen LogP contribution in [0.25, 0.3) is 22.4 Å². The van der Waals surface area contributed by atoms with E-state index in [1.165, 1.54) is 11.8 Å². The molecule has 0 fully saturated rings. The van der Waals surface area contributed by atoms with E-state index in [1.807, 2.05) is 19.1 Å². The molecule has 30 heavy (non-hydrogen) atoms. The first-order chi connectivity index (χ1) is 14.5. The molecule has 0 saturated carbocycles. The van der Waals surface area contributed by atoms with Crippen LogP contribution < -0.4 is 5.63 Å². The topological polar surface area (TPSA) is 90.1 Å². The van der Waals surface area contributed by atoms with Gasteiger partial charge < -0.3 is 4.42 Å². The molecular formula is C22H18N2O4S2. The Labute approximate surface area is 177 Å². The Morgan fingerprint density at radius 3 is 2.60 bits per heavy atom. The first kappa shape index (κ1) is 20.3. The van der Waals surface area contributed by atoms with E-state index >= 15 is 0 Å². The number of hydrogen-bond donors (Lipinski definition) is 0. The second kappa shape index (κ2) is 8.41. The van der Waals surface area contributed by atoms with Gasteiger partial charge in [-0.2, -0.15) is 0 Å². The number of fused-ring (bicyclic) bond motifs is 1. The summed E-state index contributed by atoms with van der Waals surface area (Å²) < 4.78 is 30.5. The molecule has 4 aromatic rings. The van der Waals surface area contributed by atoms with Crippen LogP contribution in [-0.4, -0.2) is 29.9 Å². The maximum atomic E-state index is 12.5. The fraction of sp³-hybridized carbons (Fsp3) is 0.136. The predicted molar refractivity (Wildman–Crippen MR) is 117 cm³/mol. The molecular weight excluding hydrogens is 420 g/mol. The van der Waals surface area contributed by atoms with Crippen molar-refractivity contribution in [2.24, 2.45) is 0 Å². The number of nitrogens with zero attached hydrogens (tertiary/aromatic N) is 2. The van der Waals surface area contributed by atoms with Gasteiger partial charge >= 0.3 is 5.63 Å². The third-order valence-corrected chi connectivity index (χ3v) is 7.56. The Morgan fingerprint density at radius 2 is 1.80 bits per heavy atom. The predicted octanol–water partition coefficient (Wildman–Crippen LogP) is 4.12. The Bertz CT molecular complexity index is 1370. The van der Waals surface area contributed by atoms with Crippen molar-refractivity contribution in [3.63, 3.8) is 0 Å². The molecule has 0 radical (unpaired) electrons. The van der Waals surface area contributed by atoms with Crippen molar-refractivity contribution in [3.05, 3.63) is 82.8 Å². The lowest BCUT2D eigenvalue weighted by molar-refractivity contribution is 0.516. The maximum absolute atomic E-state index is 12.5. The molecule has 0 unspecified atom stereocenters. The molecule has 0 amide bonds. The maximum Gasteiger partial charge on any atom is 0.347 e. The molecule has 0 atom stereocenters. The quantitative estimate of drug-likeness (QED) is 0.418. The normalized spacial score (nSPS) is 11.6. The molecule has 0 spiro atoms. The monoisotopic (exact) mass is 438 g/mol. The highest BCUT2D eigenvalue weighted by atomic mass is 32.2. The van der Waals surface area contributed by atoms with Crippen LogP contribution in [0.4, 0.5) is 0 Å². The van der Waals surface area contributed by atoms with Crippen molar-refractivity contribution in [1.29, 1.82) is 0 Å². The van der Waals surface area contributed by atoms with Crippen LogP contribution in [0.3, 0.4) is 0 Å². The average molecular weight is 439 g/mol. The molecule has 0 bridgehead atoms. The largest absolute Gasteiger partial charge is 0.403 e. The highest BCUT2D eigenvalue weighted by Crippen LogP contribution is 2.29. The Balaban J connectivity index is 1.61. The number of benzene rings is 2. The van der Waals surface area contributed by atoms with Crippen molar-refractivity contribution < 1.29 is 12.8 Å². The van der Waals surface area contributed by atoms with Gasteiger partial charge in [0.1, 0.15) is 5.03 Å². The molecule has 2 heterocycles. The number of aromatic nitrogens is 2. The number of sulfone groups is 1. The van der Waals surface area contributed by atoms with E-state index in [0.29, 0.717) is 32.1 Å². The van der Waals surface area contributed by atoms with Crippen molar-refractivity contribution >= 4 is 32.5 Å². The van der Waals surface area contributed by atoms with Gasteiger partial charge in [0.2, 0.25) is 5.89 Å². The van der Waals surface area contributed by atoms with Gasteiger partial charge in [-0.15, -0.1) is 11.8 Å². The second-order valence-electron chi connectivity index (χ2n) is 6.61. The zero-order valence-corrected chi connectivity index (χ0v) is 17.7. The molecule has 0 saturated heterocycles. The van der Waals surface area contributed by atoms with E-state index in [1.54, 1.807) is 54.7 Å². The minimum atomic E-state index is -3.39. The fourth-order valence-electron chi connectivity index (χ4n) is 3.06. The van der Waals surface area contributed by atoms with Crippen molar-refractivity contribution in [2.45, 2.75) is 16.8 Å². The minimum Gasteiger partial charge on any atom is -0.403 e. The summed E-state index contributed by atoms with van der Waals surface area (Å²) in [5.41, 5.74) is 1.44. The van der Waals surface area contributed by atoms with Gasteiger partial charge in [0, 0.05) is 11.9 Å². The van der Waals surface area contributed by atoms with Crippen LogP contribution in [-0.2, 0) is 9.84 Å². The highest BCUT2D eigenvalue weighted by Gasteiger charge is 2.17. The van der Waals surface area contributed by atoms with Gasteiger partial charge in [0.05, 0.1) is 27.1 Å². The smallest absolute Gasteiger partial charge is 0.347 e. The third-order valence-electron chi connectivity index (χ3n) is 4.56. The van der Waals surface area contributed by atoms with Crippen LogP contribution in [0.15, 0.2) is 86.0 Å². The zero-order chi connectivity index (χ0) is 21.1. The summed E-state index contributed by atoms with van der Waals surface area (Å²) >= 11 is 1.29. The first-order valence-electron chi connectivity index (χ1n) is 9.22. The lowest BCUT2D eigenvalue weighted by Gasteiger charge is -2.08. The molecule has 0 aliphatic carbocycles. The van der Waals surface area contributed by atoms with E-state index in [4.69, 9.17) is 4.42 Å². The molecule has 152 valence electrons. The molecule has 4 rings (SSSR count). The summed E-state index contributed by atoms with van der Waals surface area (Å²) in [6, 6.07) is 17.3. The summed E-state index contributed by atoms with van der Waals surface area (Å²) in [5.74, 6) is 0.434.